The summed E-state index contributed by atoms with van der Waals surface area (Å²) in [5.41, 5.74) is -1.28. The summed E-state index contributed by atoms with van der Waals surface area (Å²) in [6.45, 7) is 8.16. The SMILES string of the molecule is CC(C)N(NC(=O)OC(C)(C)C)c1[nH]c(=O)n(C)c(=O)c1[N+](=O)[O-]. The number of hydrogen-bond acceptors (Lipinski definition) is 7. The predicted octanol–water partition coefficient (Wildman–Crippen LogP) is 0.636. The van der Waals surface area contributed by atoms with E-state index in [9.17, 15) is 24.5 Å². The van der Waals surface area contributed by atoms with Crippen molar-refractivity contribution in [1.82, 2.24) is 15.0 Å². The summed E-state index contributed by atoms with van der Waals surface area (Å²) >= 11 is 0. The van der Waals surface area contributed by atoms with Crippen molar-refractivity contribution < 1.29 is 14.5 Å². The Morgan fingerprint density at radius 1 is 1.38 bits per heavy atom. The predicted molar refractivity (Wildman–Crippen MR) is 85.9 cm³/mol. The minimum Gasteiger partial charge on any atom is -0.443 e. The Balaban J connectivity index is 3.42. The van der Waals surface area contributed by atoms with Crippen LogP contribution in [0.2, 0.25) is 0 Å². The molecule has 11 nitrogen and oxygen atoms in total. The van der Waals surface area contributed by atoms with E-state index >= 15 is 0 Å². The van der Waals surface area contributed by atoms with Gasteiger partial charge in [-0.15, -0.1) is 0 Å². The highest BCUT2D eigenvalue weighted by Crippen LogP contribution is 2.21. The number of rotatable bonds is 4. The first-order chi connectivity index (χ1) is 10.8. The molecule has 0 spiro atoms. The van der Waals surface area contributed by atoms with Gasteiger partial charge in [-0.1, -0.05) is 0 Å². The van der Waals surface area contributed by atoms with Crippen LogP contribution in [-0.4, -0.2) is 32.2 Å². The van der Waals surface area contributed by atoms with E-state index in [0.717, 1.165) is 12.1 Å². The van der Waals surface area contributed by atoms with Crippen LogP contribution in [0, 0.1) is 10.1 Å². The van der Waals surface area contributed by atoms with Gasteiger partial charge >= 0.3 is 23.0 Å². The maximum Gasteiger partial charge on any atom is 0.426 e. The number of anilines is 1. The smallest absolute Gasteiger partial charge is 0.426 e. The van der Waals surface area contributed by atoms with E-state index in [-0.39, 0.29) is 0 Å². The van der Waals surface area contributed by atoms with Crippen molar-refractivity contribution in [3.8, 4) is 0 Å². The Bertz CT molecular complexity index is 758. The van der Waals surface area contributed by atoms with Gasteiger partial charge in [0.05, 0.1) is 4.92 Å². The van der Waals surface area contributed by atoms with E-state index in [2.05, 4.69) is 10.4 Å². The van der Waals surface area contributed by atoms with Gasteiger partial charge in [-0.25, -0.2) is 15.0 Å². The summed E-state index contributed by atoms with van der Waals surface area (Å²) in [7, 11) is 1.11. The third-order valence-electron chi connectivity index (χ3n) is 2.81. The fourth-order valence-corrected chi connectivity index (χ4v) is 1.78. The minimum absolute atomic E-state index is 0.422. The minimum atomic E-state index is -1.09. The molecule has 0 saturated carbocycles. The number of aromatic nitrogens is 2. The van der Waals surface area contributed by atoms with Gasteiger partial charge in [-0.3, -0.25) is 29.5 Å². The van der Waals surface area contributed by atoms with Crippen LogP contribution >= 0.6 is 0 Å². The molecule has 0 aromatic carbocycles. The molecule has 0 aliphatic rings. The zero-order chi connectivity index (χ0) is 18.8. The number of nitrogens with zero attached hydrogens (tertiary/aromatic N) is 3. The maximum absolute atomic E-state index is 12.0. The van der Waals surface area contributed by atoms with Crippen LogP contribution in [0.5, 0.6) is 0 Å². The molecule has 134 valence electrons. The molecule has 1 rings (SSSR count). The van der Waals surface area contributed by atoms with Crippen molar-refractivity contribution >= 4 is 17.6 Å². The molecular formula is C13H21N5O6. The number of aromatic amines is 1. The molecule has 1 aromatic rings. The van der Waals surface area contributed by atoms with E-state index in [1.807, 2.05) is 0 Å². The van der Waals surface area contributed by atoms with Crippen LogP contribution in [-0.2, 0) is 11.8 Å². The first-order valence-electron chi connectivity index (χ1n) is 7.11. The molecular weight excluding hydrogens is 322 g/mol. The lowest BCUT2D eigenvalue weighted by molar-refractivity contribution is -0.386. The summed E-state index contributed by atoms with van der Waals surface area (Å²) < 4.78 is 5.66. The number of amides is 1. The summed E-state index contributed by atoms with van der Waals surface area (Å²) in [5, 5.41) is 12.3. The van der Waals surface area contributed by atoms with Crippen LogP contribution in [0.25, 0.3) is 0 Å². The van der Waals surface area contributed by atoms with Crippen LogP contribution in [0.1, 0.15) is 34.6 Å². The Morgan fingerprint density at radius 3 is 2.33 bits per heavy atom. The van der Waals surface area contributed by atoms with Crippen molar-refractivity contribution in [3.63, 3.8) is 0 Å². The number of hydrogen-bond donors (Lipinski definition) is 2. The highest BCUT2D eigenvalue weighted by Gasteiger charge is 2.30. The quantitative estimate of drug-likeness (QED) is 0.604. The summed E-state index contributed by atoms with van der Waals surface area (Å²) in [6, 6.07) is -0.515. The van der Waals surface area contributed by atoms with Gasteiger partial charge in [-0.2, -0.15) is 0 Å². The molecule has 0 radical (unpaired) electrons. The molecule has 0 bridgehead atoms. The van der Waals surface area contributed by atoms with Crippen molar-refractivity contribution in [3.05, 3.63) is 31.0 Å². The number of nitro groups is 1. The number of nitrogens with one attached hydrogen (secondary N) is 2. The molecule has 24 heavy (non-hydrogen) atoms. The van der Waals surface area contributed by atoms with Gasteiger partial charge in [0.25, 0.3) is 0 Å². The standard InChI is InChI=1S/C13H21N5O6/c1-7(2)17(15-12(21)24-13(3,4)5)9-8(18(22)23)10(19)16(6)11(20)14-9/h7H,1-6H3,(H,14,20)(H,15,21). The normalized spacial score (nSPS) is 11.3. The number of carbonyl (C=O) groups excluding carboxylic acids is 1. The van der Waals surface area contributed by atoms with E-state index in [1.54, 1.807) is 34.6 Å². The summed E-state index contributed by atoms with van der Waals surface area (Å²) in [5.74, 6) is -0.422. The zero-order valence-corrected chi connectivity index (χ0v) is 14.4. The van der Waals surface area contributed by atoms with Crippen molar-refractivity contribution in [2.75, 3.05) is 5.01 Å². The Labute approximate surface area is 137 Å². The third-order valence-corrected chi connectivity index (χ3v) is 2.81. The van der Waals surface area contributed by atoms with Gasteiger partial charge in [0, 0.05) is 13.1 Å². The second-order valence-electron chi connectivity index (χ2n) is 6.33. The fourth-order valence-electron chi connectivity index (χ4n) is 1.78. The van der Waals surface area contributed by atoms with Gasteiger partial charge in [0.1, 0.15) is 5.60 Å². The lowest BCUT2D eigenvalue weighted by Crippen LogP contribution is -2.51. The molecule has 0 fully saturated rings. The Hall–Kier alpha value is -2.85. The molecule has 0 aliphatic heterocycles. The van der Waals surface area contributed by atoms with Crippen LogP contribution in [0.4, 0.5) is 16.3 Å². The number of H-pyrrole nitrogens is 1. The molecule has 1 amide bonds. The highest BCUT2D eigenvalue weighted by atomic mass is 16.6. The van der Waals surface area contributed by atoms with Gasteiger partial charge in [0.2, 0.25) is 5.82 Å². The van der Waals surface area contributed by atoms with Crippen molar-refractivity contribution in [1.29, 1.82) is 0 Å². The number of carbonyl (C=O) groups is 1. The molecule has 0 saturated heterocycles. The largest absolute Gasteiger partial charge is 0.443 e. The molecule has 0 atom stereocenters. The zero-order valence-electron chi connectivity index (χ0n) is 14.4. The summed E-state index contributed by atoms with van der Waals surface area (Å²) in [6.07, 6.45) is -0.882. The average Bonchev–Trinajstić information content (AvgIpc) is 2.39. The number of hydrazine groups is 1. The van der Waals surface area contributed by atoms with Gasteiger partial charge < -0.3 is 4.74 Å². The van der Waals surface area contributed by atoms with Gasteiger partial charge in [0.15, 0.2) is 0 Å². The Morgan fingerprint density at radius 2 is 1.92 bits per heavy atom. The molecule has 11 heteroatoms. The highest BCUT2D eigenvalue weighted by molar-refractivity contribution is 5.71. The van der Waals surface area contributed by atoms with Gasteiger partial charge in [-0.05, 0) is 34.6 Å². The lowest BCUT2D eigenvalue weighted by Gasteiger charge is -2.29. The van der Waals surface area contributed by atoms with E-state index in [4.69, 9.17) is 4.74 Å². The lowest BCUT2D eigenvalue weighted by atomic mass is 10.2. The molecule has 2 N–H and O–H groups in total. The fraction of sp³-hybridized carbons (Fsp3) is 0.615. The molecule has 0 aliphatic carbocycles. The van der Waals surface area contributed by atoms with Crippen molar-refractivity contribution in [2.45, 2.75) is 46.3 Å². The van der Waals surface area contributed by atoms with E-state index in [0.29, 0.717) is 4.57 Å². The molecule has 1 heterocycles. The Kier molecular flexibility index (Phi) is 5.38. The first kappa shape index (κ1) is 19.2. The third kappa shape index (κ3) is 4.33. The second-order valence-corrected chi connectivity index (χ2v) is 6.33. The van der Waals surface area contributed by atoms with E-state index in [1.165, 1.54) is 0 Å². The van der Waals surface area contributed by atoms with Crippen LogP contribution in [0.3, 0.4) is 0 Å². The van der Waals surface area contributed by atoms with Crippen LogP contribution in [0.15, 0.2) is 9.59 Å². The monoisotopic (exact) mass is 343 g/mol. The van der Waals surface area contributed by atoms with Crippen LogP contribution < -0.4 is 21.7 Å². The summed E-state index contributed by atoms with van der Waals surface area (Å²) in [4.78, 5) is 48.3. The molecule has 1 aromatic heterocycles. The van der Waals surface area contributed by atoms with Crippen molar-refractivity contribution in [2.24, 2.45) is 7.05 Å². The topological polar surface area (TPSA) is 140 Å². The second kappa shape index (κ2) is 6.72. The first-order valence-corrected chi connectivity index (χ1v) is 7.11. The molecule has 0 unspecified atom stereocenters. The average molecular weight is 343 g/mol. The maximum atomic E-state index is 12.0. The van der Waals surface area contributed by atoms with E-state index < -0.39 is 45.4 Å². The number of ether oxygens (including phenoxy) is 1.